The molecule has 146 valence electrons. The number of nitrogens with one attached hydrogen (secondary N) is 2. The van der Waals surface area contributed by atoms with E-state index in [4.69, 9.17) is 9.84 Å². The Morgan fingerprint density at radius 2 is 2.30 bits per heavy atom. The van der Waals surface area contributed by atoms with Crippen LogP contribution in [0.25, 0.3) is 11.0 Å². The van der Waals surface area contributed by atoms with Gasteiger partial charge in [0.05, 0.1) is 26.4 Å². The summed E-state index contributed by atoms with van der Waals surface area (Å²) in [6.07, 6.45) is 5.17. The number of ether oxygens (including phenoxy) is 1. The van der Waals surface area contributed by atoms with Gasteiger partial charge in [-0.05, 0) is 18.6 Å². The molecule has 10 heteroatoms. The first-order chi connectivity index (χ1) is 12.9. The van der Waals surface area contributed by atoms with Crippen molar-refractivity contribution in [1.82, 2.24) is 19.7 Å². The van der Waals surface area contributed by atoms with Crippen molar-refractivity contribution in [3.05, 3.63) is 40.1 Å². The number of anilines is 1. The van der Waals surface area contributed by atoms with Crippen LogP contribution in [0, 0.1) is 5.95 Å². The number of allylic oxidation sites excluding steroid dienone is 2. The van der Waals surface area contributed by atoms with E-state index in [1.807, 2.05) is 0 Å². The predicted molar refractivity (Wildman–Crippen MR) is 95.9 cm³/mol. The second-order valence-electron chi connectivity index (χ2n) is 6.41. The predicted octanol–water partition coefficient (Wildman–Crippen LogP) is 1.29. The number of rotatable bonds is 8. The van der Waals surface area contributed by atoms with Crippen LogP contribution in [0.3, 0.4) is 0 Å². The van der Waals surface area contributed by atoms with Gasteiger partial charge >= 0.3 is 0 Å². The summed E-state index contributed by atoms with van der Waals surface area (Å²) in [5.74, 6) is -0.753. The fourth-order valence-corrected chi connectivity index (χ4v) is 2.68. The Bertz CT molecular complexity index is 933. The minimum atomic E-state index is -1.35. The van der Waals surface area contributed by atoms with Crippen LogP contribution >= 0.6 is 0 Å². The molecule has 0 aromatic carbocycles. The second-order valence-corrected chi connectivity index (χ2v) is 6.41. The third-order valence-electron chi connectivity index (χ3n) is 4.11. The first-order valence-corrected chi connectivity index (χ1v) is 8.55. The van der Waals surface area contributed by atoms with Gasteiger partial charge in [-0.2, -0.15) is 4.39 Å². The maximum Gasteiger partial charge on any atom is 0.278 e. The van der Waals surface area contributed by atoms with Crippen LogP contribution in [-0.2, 0) is 11.3 Å². The molecule has 0 aliphatic heterocycles. The molecule has 0 saturated carbocycles. The van der Waals surface area contributed by atoms with E-state index in [9.17, 15) is 13.6 Å². The first kappa shape index (κ1) is 19.2. The van der Waals surface area contributed by atoms with E-state index in [0.717, 1.165) is 5.57 Å². The summed E-state index contributed by atoms with van der Waals surface area (Å²) < 4.78 is 34.1. The van der Waals surface area contributed by atoms with Crippen LogP contribution in [0.1, 0.15) is 13.3 Å². The van der Waals surface area contributed by atoms with E-state index in [1.54, 1.807) is 12.2 Å². The highest BCUT2D eigenvalue weighted by atomic mass is 19.1. The molecule has 8 nitrogen and oxygen atoms in total. The fraction of sp³-hybridized carbons (Fsp3) is 0.471. The van der Waals surface area contributed by atoms with Crippen molar-refractivity contribution in [2.75, 3.05) is 31.7 Å². The normalized spacial score (nSPS) is 19.5. The van der Waals surface area contributed by atoms with Gasteiger partial charge in [0, 0.05) is 13.0 Å². The molecule has 1 aliphatic carbocycles. The second kappa shape index (κ2) is 7.97. The molecule has 2 aromatic rings. The van der Waals surface area contributed by atoms with E-state index in [0.29, 0.717) is 6.54 Å². The molecule has 0 fully saturated rings. The van der Waals surface area contributed by atoms with Crippen molar-refractivity contribution in [3.8, 4) is 0 Å². The van der Waals surface area contributed by atoms with Gasteiger partial charge in [-0.25, -0.2) is 9.37 Å². The number of aliphatic hydroxyl groups is 1. The third-order valence-corrected chi connectivity index (χ3v) is 4.11. The smallest absolute Gasteiger partial charge is 0.278 e. The number of fused-ring (bicyclic) bond motifs is 1. The largest absolute Gasteiger partial charge is 0.394 e. The zero-order chi connectivity index (χ0) is 19.4. The lowest BCUT2D eigenvalue weighted by molar-refractivity contribution is 0.0857. The number of aliphatic hydroxyl groups excluding tert-OH is 1. The molecule has 27 heavy (non-hydrogen) atoms. The number of hydrogen-bond acceptors (Lipinski definition) is 6. The summed E-state index contributed by atoms with van der Waals surface area (Å²) in [4.78, 5) is 19.0. The summed E-state index contributed by atoms with van der Waals surface area (Å²) in [6.45, 7) is 2.15. The molecule has 0 bridgehead atoms. The summed E-state index contributed by atoms with van der Waals surface area (Å²) in [7, 11) is 0. The van der Waals surface area contributed by atoms with E-state index >= 15 is 0 Å². The van der Waals surface area contributed by atoms with Crippen molar-refractivity contribution in [2.45, 2.75) is 25.6 Å². The van der Waals surface area contributed by atoms with Crippen LogP contribution < -0.4 is 10.9 Å². The molecular formula is C17H21F2N5O3. The molecule has 1 atom stereocenters. The van der Waals surface area contributed by atoms with Gasteiger partial charge in [0.1, 0.15) is 5.67 Å². The van der Waals surface area contributed by atoms with Crippen LogP contribution in [-0.4, -0.2) is 56.9 Å². The molecule has 0 spiro atoms. The molecular weight excluding hydrogens is 360 g/mol. The molecule has 2 aromatic heterocycles. The maximum atomic E-state index is 14.1. The average molecular weight is 381 g/mol. The Kier molecular flexibility index (Phi) is 5.66. The molecule has 3 N–H and O–H groups in total. The SMILES string of the molecule is CC1(F)C=CC(CNc2nc3c(F)nn(CCOCCO)c3c(=O)[nH]2)=CC1. The minimum Gasteiger partial charge on any atom is -0.394 e. The van der Waals surface area contributed by atoms with E-state index in [-0.39, 0.29) is 49.8 Å². The Morgan fingerprint density at radius 3 is 3.00 bits per heavy atom. The summed E-state index contributed by atoms with van der Waals surface area (Å²) in [5, 5.41) is 15.3. The highest BCUT2D eigenvalue weighted by Gasteiger charge is 2.21. The standard InChI is InChI=1S/C17H21F2N5O3/c1-17(19)4-2-11(3-5-17)10-20-16-21-12-13(15(26)22-16)24(23-14(12)18)6-8-27-9-7-25/h2-4,25H,5-10H2,1H3,(H2,20,21,22,26). The third kappa shape index (κ3) is 4.58. The Balaban J connectivity index is 1.73. The number of halogens is 2. The topological polar surface area (TPSA) is 105 Å². The van der Waals surface area contributed by atoms with E-state index < -0.39 is 17.2 Å². The Hall–Kier alpha value is -2.59. The highest BCUT2D eigenvalue weighted by molar-refractivity contribution is 5.74. The summed E-state index contributed by atoms with van der Waals surface area (Å²) in [6, 6.07) is 0. The van der Waals surface area contributed by atoms with Gasteiger partial charge in [0.2, 0.25) is 5.95 Å². The van der Waals surface area contributed by atoms with Crippen LogP contribution in [0.15, 0.2) is 28.6 Å². The quantitative estimate of drug-likeness (QED) is 0.595. The number of nitrogens with zero attached hydrogens (tertiary/aromatic N) is 3. The van der Waals surface area contributed by atoms with Crippen molar-refractivity contribution in [1.29, 1.82) is 0 Å². The Morgan fingerprint density at radius 1 is 1.48 bits per heavy atom. The van der Waals surface area contributed by atoms with Gasteiger partial charge < -0.3 is 15.2 Å². The average Bonchev–Trinajstić information content (AvgIpc) is 2.94. The highest BCUT2D eigenvalue weighted by Crippen LogP contribution is 2.24. The molecule has 1 unspecified atom stereocenters. The fourth-order valence-electron chi connectivity index (χ4n) is 2.68. The van der Waals surface area contributed by atoms with Gasteiger partial charge in [-0.15, -0.1) is 5.10 Å². The molecule has 0 amide bonds. The number of aromatic amines is 1. The lowest BCUT2D eigenvalue weighted by Crippen LogP contribution is -2.20. The molecule has 0 saturated heterocycles. The lowest BCUT2D eigenvalue weighted by atomic mass is 9.96. The number of aromatic nitrogens is 4. The van der Waals surface area contributed by atoms with Crippen LogP contribution in [0.4, 0.5) is 14.7 Å². The zero-order valence-electron chi connectivity index (χ0n) is 14.8. The van der Waals surface area contributed by atoms with Crippen molar-refractivity contribution < 1.29 is 18.6 Å². The first-order valence-electron chi connectivity index (χ1n) is 8.55. The lowest BCUT2D eigenvalue weighted by Gasteiger charge is -2.19. The van der Waals surface area contributed by atoms with Gasteiger partial charge in [-0.1, -0.05) is 12.2 Å². The molecule has 1 aliphatic rings. The molecule has 3 rings (SSSR count). The Labute approximate surface area is 153 Å². The van der Waals surface area contributed by atoms with Gasteiger partial charge in [-0.3, -0.25) is 14.5 Å². The zero-order valence-corrected chi connectivity index (χ0v) is 14.8. The minimum absolute atomic E-state index is 0.00984. The molecule has 0 radical (unpaired) electrons. The van der Waals surface area contributed by atoms with Crippen LogP contribution in [0.2, 0.25) is 0 Å². The van der Waals surface area contributed by atoms with Gasteiger partial charge in [0.15, 0.2) is 11.0 Å². The van der Waals surface area contributed by atoms with Crippen LogP contribution in [0.5, 0.6) is 0 Å². The number of hydrogen-bond donors (Lipinski definition) is 3. The number of alkyl halides is 1. The van der Waals surface area contributed by atoms with Gasteiger partial charge in [0.25, 0.3) is 11.5 Å². The van der Waals surface area contributed by atoms with Crippen molar-refractivity contribution in [2.24, 2.45) is 0 Å². The van der Waals surface area contributed by atoms with E-state index in [2.05, 4.69) is 20.4 Å². The summed E-state index contributed by atoms with van der Waals surface area (Å²) >= 11 is 0. The maximum absolute atomic E-state index is 14.1. The number of H-pyrrole nitrogens is 1. The molecule has 2 heterocycles. The summed E-state index contributed by atoms with van der Waals surface area (Å²) in [5.41, 5.74) is -1.19. The van der Waals surface area contributed by atoms with Crippen molar-refractivity contribution in [3.63, 3.8) is 0 Å². The monoisotopic (exact) mass is 381 g/mol. The van der Waals surface area contributed by atoms with E-state index in [1.165, 1.54) is 17.7 Å². The van der Waals surface area contributed by atoms with Crippen molar-refractivity contribution >= 4 is 17.0 Å².